The molecule has 150 valence electrons. The summed E-state index contributed by atoms with van der Waals surface area (Å²) < 4.78 is 13.6. The second-order valence-corrected chi connectivity index (χ2v) is 9.42. The maximum atomic E-state index is 6.04. The van der Waals surface area contributed by atoms with Gasteiger partial charge in [-0.05, 0) is 74.5 Å². The molecule has 7 rings (SSSR count). The Balaban J connectivity index is 1.31. The van der Waals surface area contributed by atoms with Gasteiger partial charge in [0.1, 0.15) is 23.9 Å². The molecule has 2 aromatic heterocycles. The van der Waals surface area contributed by atoms with E-state index in [0.717, 1.165) is 40.5 Å². The Morgan fingerprint density at radius 1 is 0.966 bits per heavy atom. The Hall–Kier alpha value is -2.56. The summed E-state index contributed by atoms with van der Waals surface area (Å²) in [6.45, 7) is 0.469. The van der Waals surface area contributed by atoms with Gasteiger partial charge in [-0.25, -0.2) is 0 Å². The third-order valence-corrected chi connectivity index (χ3v) is 7.46. The monoisotopic (exact) mass is 389 g/mol. The Morgan fingerprint density at radius 2 is 1.69 bits per heavy atom. The molecule has 4 fully saturated rings. The topological polar surface area (TPSA) is 48.7 Å². The van der Waals surface area contributed by atoms with E-state index in [9.17, 15) is 0 Å². The molecule has 0 saturated heterocycles. The van der Waals surface area contributed by atoms with Crippen molar-refractivity contribution in [1.29, 1.82) is 0 Å². The molecule has 0 N–H and O–H groups in total. The SMILES string of the molecule is COc1cccc(OCc2cccn3c(C45CC6CC(CC(C6)C4)C5)nnc23)c1. The quantitative estimate of drug-likeness (QED) is 0.630. The molecule has 0 unspecified atom stereocenters. The highest BCUT2D eigenvalue weighted by Gasteiger charge is 2.53. The zero-order chi connectivity index (χ0) is 19.4. The van der Waals surface area contributed by atoms with Crippen LogP contribution in [0.4, 0.5) is 0 Å². The van der Waals surface area contributed by atoms with Gasteiger partial charge < -0.3 is 9.47 Å². The van der Waals surface area contributed by atoms with Crippen LogP contribution in [-0.2, 0) is 12.0 Å². The van der Waals surface area contributed by atoms with Crippen molar-refractivity contribution < 1.29 is 9.47 Å². The molecule has 0 aliphatic heterocycles. The number of rotatable bonds is 5. The molecular weight excluding hydrogens is 362 g/mol. The highest BCUT2D eigenvalue weighted by atomic mass is 16.5. The van der Waals surface area contributed by atoms with E-state index in [1.165, 1.54) is 44.3 Å². The Bertz CT molecular complexity index is 1020. The fraction of sp³-hybridized carbons (Fsp3) is 0.500. The lowest BCUT2D eigenvalue weighted by Gasteiger charge is -2.55. The van der Waals surface area contributed by atoms with E-state index in [-0.39, 0.29) is 5.41 Å². The molecule has 5 heteroatoms. The van der Waals surface area contributed by atoms with Crippen molar-refractivity contribution in [1.82, 2.24) is 14.6 Å². The largest absolute Gasteiger partial charge is 0.497 e. The molecular formula is C24H27N3O2. The molecule has 0 atom stereocenters. The number of ether oxygens (including phenoxy) is 2. The fourth-order valence-electron chi connectivity index (χ4n) is 6.68. The number of fused-ring (bicyclic) bond motifs is 1. The third kappa shape index (κ3) is 2.82. The standard InChI is InChI=1S/C24H27N3O2/c1-28-20-5-2-6-21(11-20)29-15-19-4-3-7-27-22(19)25-26-23(27)24-12-16-8-17(13-24)10-18(9-16)14-24/h2-7,11,16-18H,8-10,12-15H2,1H3. The summed E-state index contributed by atoms with van der Waals surface area (Å²) in [4.78, 5) is 0. The lowest BCUT2D eigenvalue weighted by atomic mass is 9.49. The van der Waals surface area contributed by atoms with Crippen molar-refractivity contribution in [2.24, 2.45) is 17.8 Å². The summed E-state index contributed by atoms with van der Waals surface area (Å²) >= 11 is 0. The summed E-state index contributed by atoms with van der Waals surface area (Å²) in [6.07, 6.45) is 10.3. The first kappa shape index (κ1) is 17.3. The van der Waals surface area contributed by atoms with Crippen LogP contribution in [-0.4, -0.2) is 21.7 Å². The van der Waals surface area contributed by atoms with E-state index in [4.69, 9.17) is 14.6 Å². The number of aromatic nitrogens is 3. The number of hydrogen-bond donors (Lipinski definition) is 0. The minimum Gasteiger partial charge on any atom is -0.497 e. The van der Waals surface area contributed by atoms with Crippen LogP contribution >= 0.6 is 0 Å². The van der Waals surface area contributed by atoms with Crippen molar-refractivity contribution in [3.63, 3.8) is 0 Å². The fourth-order valence-corrected chi connectivity index (χ4v) is 6.68. The lowest BCUT2D eigenvalue weighted by molar-refractivity contribution is -0.00984. The first-order chi connectivity index (χ1) is 14.2. The van der Waals surface area contributed by atoms with Gasteiger partial charge in [-0.15, -0.1) is 10.2 Å². The maximum absolute atomic E-state index is 6.04. The summed E-state index contributed by atoms with van der Waals surface area (Å²) in [7, 11) is 1.67. The Labute approximate surface area is 171 Å². The third-order valence-electron chi connectivity index (χ3n) is 7.46. The van der Waals surface area contributed by atoms with Gasteiger partial charge in [-0.1, -0.05) is 12.1 Å². The summed E-state index contributed by atoms with van der Waals surface area (Å²) in [5, 5.41) is 9.40. The van der Waals surface area contributed by atoms with Crippen LogP contribution in [0.3, 0.4) is 0 Å². The van der Waals surface area contributed by atoms with Crippen molar-refractivity contribution in [3.8, 4) is 11.5 Å². The van der Waals surface area contributed by atoms with Gasteiger partial charge in [0, 0.05) is 23.2 Å². The van der Waals surface area contributed by atoms with Crippen molar-refractivity contribution in [3.05, 3.63) is 54.0 Å². The van der Waals surface area contributed by atoms with Crippen LogP contribution in [0, 0.1) is 17.8 Å². The molecule has 29 heavy (non-hydrogen) atoms. The molecule has 1 aromatic carbocycles. The maximum Gasteiger partial charge on any atom is 0.167 e. The molecule has 4 aliphatic carbocycles. The molecule has 4 saturated carbocycles. The molecule has 3 aromatic rings. The second-order valence-electron chi connectivity index (χ2n) is 9.42. The number of pyridine rings is 1. The van der Waals surface area contributed by atoms with Gasteiger partial charge in [0.25, 0.3) is 0 Å². The zero-order valence-electron chi connectivity index (χ0n) is 16.9. The van der Waals surface area contributed by atoms with Gasteiger partial charge in [0.2, 0.25) is 0 Å². The second kappa shape index (κ2) is 6.48. The summed E-state index contributed by atoms with van der Waals surface area (Å²) in [5.41, 5.74) is 2.24. The van der Waals surface area contributed by atoms with Crippen LogP contribution in [0.25, 0.3) is 5.65 Å². The van der Waals surface area contributed by atoms with E-state index in [1.54, 1.807) is 7.11 Å². The van der Waals surface area contributed by atoms with Crippen molar-refractivity contribution in [2.45, 2.75) is 50.5 Å². The summed E-state index contributed by atoms with van der Waals surface area (Å²) in [6, 6.07) is 11.9. The van der Waals surface area contributed by atoms with E-state index in [2.05, 4.69) is 27.8 Å². The van der Waals surface area contributed by atoms with E-state index in [0.29, 0.717) is 6.61 Å². The van der Waals surface area contributed by atoms with Gasteiger partial charge in [0.15, 0.2) is 5.65 Å². The van der Waals surface area contributed by atoms with Gasteiger partial charge >= 0.3 is 0 Å². The smallest absolute Gasteiger partial charge is 0.167 e. The number of nitrogens with zero attached hydrogens (tertiary/aromatic N) is 3. The molecule has 4 aliphatic rings. The van der Waals surface area contributed by atoms with Gasteiger partial charge in [0.05, 0.1) is 7.11 Å². The van der Waals surface area contributed by atoms with E-state index in [1.807, 2.05) is 24.3 Å². The molecule has 5 nitrogen and oxygen atoms in total. The predicted molar refractivity (Wildman–Crippen MR) is 110 cm³/mol. The molecule has 2 heterocycles. The van der Waals surface area contributed by atoms with Gasteiger partial charge in [-0.2, -0.15) is 0 Å². The normalized spacial score (nSPS) is 30.0. The van der Waals surface area contributed by atoms with Crippen LogP contribution in [0.1, 0.15) is 49.9 Å². The van der Waals surface area contributed by atoms with Crippen molar-refractivity contribution in [2.75, 3.05) is 7.11 Å². The molecule has 0 amide bonds. The van der Waals surface area contributed by atoms with Crippen LogP contribution in [0.15, 0.2) is 42.6 Å². The highest BCUT2D eigenvalue weighted by Crippen LogP contribution is 2.60. The Kier molecular flexibility index (Phi) is 3.87. The Morgan fingerprint density at radius 3 is 2.41 bits per heavy atom. The minimum atomic E-state index is 0.237. The average Bonchev–Trinajstić information content (AvgIpc) is 3.17. The van der Waals surface area contributed by atoms with Crippen LogP contribution in [0.5, 0.6) is 11.5 Å². The average molecular weight is 389 g/mol. The molecule has 4 bridgehead atoms. The highest BCUT2D eigenvalue weighted by molar-refractivity contribution is 5.48. The minimum absolute atomic E-state index is 0.237. The van der Waals surface area contributed by atoms with E-state index < -0.39 is 0 Å². The van der Waals surface area contributed by atoms with Gasteiger partial charge in [-0.3, -0.25) is 4.40 Å². The molecule has 0 radical (unpaired) electrons. The van der Waals surface area contributed by atoms with Crippen LogP contribution < -0.4 is 9.47 Å². The lowest BCUT2D eigenvalue weighted by Crippen LogP contribution is -2.49. The molecule has 0 spiro atoms. The number of hydrogen-bond acceptors (Lipinski definition) is 4. The first-order valence-corrected chi connectivity index (χ1v) is 10.8. The summed E-state index contributed by atoms with van der Waals surface area (Å²) in [5.74, 6) is 5.48. The zero-order valence-corrected chi connectivity index (χ0v) is 16.9. The van der Waals surface area contributed by atoms with Crippen molar-refractivity contribution >= 4 is 5.65 Å². The van der Waals surface area contributed by atoms with E-state index >= 15 is 0 Å². The first-order valence-electron chi connectivity index (χ1n) is 10.8. The predicted octanol–water partition coefficient (Wildman–Crippen LogP) is 4.78. The number of methoxy groups -OCH3 is 1. The number of benzene rings is 1. The van der Waals surface area contributed by atoms with Crippen LogP contribution in [0.2, 0.25) is 0 Å².